The Morgan fingerprint density at radius 3 is 2.20 bits per heavy atom. The number of rotatable bonds is 7. The second-order valence-electron chi connectivity index (χ2n) is 5.58. The molecule has 1 unspecified atom stereocenters. The van der Waals surface area contributed by atoms with Gasteiger partial charge in [0.15, 0.2) is 0 Å². The first-order valence-corrected chi connectivity index (χ1v) is 6.92. The maximum atomic E-state index is 3.73. The average Bonchev–Trinajstić information content (AvgIpc) is 2.11. The summed E-state index contributed by atoms with van der Waals surface area (Å²) in [6.45, 7) is 10.5. The Morgan fingerprint density at radius 2 is 1.73 bits per heavy atom. The number of hydrogen-bond donors (Lipinski definition) is 1. The van der Waals surface area contributed by atoms with Crippen LogP contribution in [0.1, 0.15) is 59.8 Å². The van der Waals surface area contributed by atoms with E-state index in [1.165, 1.54) is 38.6 Å². The molecule has 0 radical (unpaired) electrons. The molecule has 15 heavy (non-hydrogen) atoms. The largest absolute Gasteiger partial charge is 0.314 e. The Morgan fingerprint density at radius 1 is 1.07 bits per heavy atom. The normalized spacial score (nSPS) is 27.8. The zero-order valence-corrected chi connectivity index (χ0v) is 11.1. The zero-order chi connectivity index (χ0) is 11.3. The number of hydrogen-bond acceptors (Lipinski definition) is 1. The van der Waals surface area contributed by atoms with Gasteiger partial charge in [-0.05, 0) is 50.0 Å². The summed E-state index contributed by atoms with van der Waals surface area (Å²) in [6, 6.07) is 0.810. The Hall–Kier alpha value is -0.0400. The van der Waals surface area contributed by atoms with E-state index in [0.717, 1.165) is 23.8 Å². The molecule has 0 aliphatic heterocycles. The van der Waals surface area contributed by atoms with E-state index in [4.69, 9.17) is 0 Å². The van der Waals surface area contributed by atoms with Gasteiger partial charge in [0, 0.05) is 6.04 Å². The lowest BCUT2D eigenvalue weighted by molar-refractivity contribution is 0.101. The summed E-state index contributed by atoms with van der Waals surface area (Å²) in [5, 5.41) is 3.73. The van der Waals surface area contributed by atoms with Crippen LogP contribution in [0.4, 0.5) is 0 Å². The van der Waals surface area contributed by atoms with Gasteiger partial charge >= 0.3 is 0 Å². The standard InChI is InChI=1S/C14H29N/c1-5-7-14(15-8-6-2)13-9-12(10-13)11(3)4/h11-15H,5-10H2,1-4H3. The Balaban J connectivity index is 2.26. The molecule has 0 heterocycles. The van der Waals surface area contributed by atoms with Gasteiger partial charge in [-0.1, -0.05) is 34.1 Å². The van der Waals surface area contributed by atoms with Crippen molar-refractivity contribution >= 4 is 0 Å². The van der Waals surface area contributed by atoms with Crippen LogP contribution < -0.4 is 5.32 Å². The van der Waals surface area contributed by atoms with E-state index < -0.39 is 0 Å². The molecule has 1 aliphatic rings. The highest BCUT2D eigenvalue weighted by molar-refractivity contribution is 4.89. The van der Waals surface area contributed by atoms with Crippen molar-refractivity contribution in [3.05, 3.63) is 0 Å². The van der Waals surface area contributed by atoms with Crippen molar-refractivity contribution in [3.8, 4) is 0 Å². The molecule has 1 aliphatic carbocycles. The molecular weight excluding hydrogens is 182 g/mol. The topological polar surface area (TPSA) is 12.0 Å². The third kappa shape index (κ3) is 3.79. The zero-order valence-electron chi connectivity index (χ0n) is 11.1. The fraction of sp³-hybridized carbons (Fsp3) is 1.00. The summed E-state index contributed by atoms with van der Waals surface area (Å²) in [4.78, 5) is 0. The maximum absolute atomic E-state index is 3.73. The van der Waals surface area contributed by atoms with Crippen LogP contribution in [0.3, 0.4) is 0 Å². The third-order valence-corrected chi connectivity index (χ3v) is 3.98. The first-order chi connectivity index (χ1) is 7.19. The van der Waals surface area contributed by atoms with Gasteiger partial charge in [0.2, 0.25) is 0 Å². The summed E-state index contributed by atoms with van der Waals surface area (Å²) in [6.07, 6.45) is 6.90. The van der Waals surface area contributed by atoms with Crippen LogP contribution in [0.15, 0.2) is 0 Å². The minimum absolute atomic E-state index is 0.810. The molecule has 0 aromatic heterocycles. The van der Waals surface area contributed by atoms with Crippen molar-refractivity contribution in [2.75, 3.05) is 6.54 Å². The van der Waals surface area contributed by atoms with Crippen molar-refractivity contribution < 1.29 is 0 Å². The fourth-order valence-corrected chi connectivity index (χ4v) is 2.73. The van der Waals surface area contributed by atoms with Gasteiger partial charge in [0.25, 0.3) is 0 Å². The summed E-state index contributed by atoms with van der Waals surface area (Å²) >= 11 is 0. The molecule has 1 saturated carbocycles. The van der Waals surface area contributed by atoms with Crippen LogP contribution in [-0.2, 0) is 0 Å². The van der Waals surface area contributed by atoms with Crippen LogP contribution in [0, 0.1) is 17.8 Å². The fourth-order valence-electron chi connectivity index (χ4n) is 2.73. The van der Waals surface area contributed by atoms with Gasteiger partial charge < -0.3 is 5.32 Å². The Bertz CT molecular complexity index is 159. The summed E-state index contributed by atoms with van der Waals surface area (Å²) in [5.41, 5.74) is 0. The van der Waals surface area contributed by atoms with E-state index >= 15 is 0 Å². The van der Waals surface area contributed by atoms with E-state index in [1.54, 1.807) is 0 Å². The smallest absolute Gasteiger partial charge is 0.00954 e. The van der Waals surface area contributed by atoms with Crippen LogP contribution in [0.5, 0.6) is 0 Å². The lowest BCUT2D eigenvalue weighted by Gasteiger charge is -2.43. The Kier molecular flexibility index (Phi) is 5.66. The quantitative estimate of drug-likeness (QED) is 0.674. The molecule has 0 saturated heterocycles. The van der Waals surface area contributed by atoms with Crippen LogP contribution in [-0.4, -0.2) is 12.6 Å². The monoisotopic (exact) mass is 211 g/mol. The molecule has 0 spiro atoms. The predicted octanol–water partition coefficient (Wildman–Crippen LogP) is 3.84. The second-order valence-corrected chi connectivity index (χ2v) is 5.58. The van der Waals surface area contributed by atoms with Gasteiger partial charge in [-0.2, -0.15) is 0 Å². The lowest BCUT2D eigenvalue weighted by atomic mass is 9.66. The third-order valence-electron chi connectivity index (χ3n) is 3.98. The van der Waals surface area contributed by atoms with Crippen LogP contribution in [0.2, 0.25) is 0 Å². The molecule has 1 N–H and O–H groups in total. The molecule has 1 rings (SSSR count). The first kappa shape index (κ1) is 13.0. The molecule has 90 valence electrons. The second kappa shape index (κ2) is 6.52. The maximum Gasteiger partial charge on any atom is 0.00954 e. The van der Waals surface area contributed by atoms with E-state index in [1.807, 2.05) is 0 Å². The molecule has 1 fully saturated rings. The minimum Gasteiger partial charge on any atom is -0.314 e. The number of nitrogens with one attached hydrogen (secondary N) is 1. The van der Waals surface area contributed by atoms with E-state index in [0.29, 0.717) is 0 Å². The Labute approximate surface area is 96.0 Å². The van der Waals surface area contributed by atoms with Crippen molar-refractivity contribution in [2.45, 2.75) is 65.8 Å². The highest BCUT2D eigenvalue weighted by atomic mass is 14.9. The highest BCUT2D eigenvalue weighted by Gasteiger charge is 2.35. The van der Waals surface area contributed by atoms with E-state index in [9.17, 15) is 0 Å². The lowest BCUT2D eigenvalue weighted by Crippen LogP contribution is -2.44. The molecular formula is C14H29N. The average molecular weight is 211 g/mol. The molecule has 0 amide bonds. The van der Waals surface area contributed by atoms with Crippen molar-refractivity contribution in [1.82, 2.24) is 5.32 Å². The highest BCUT2D eigenvalue weighted by Crippen LogP contribution is 2.41. The summed E-state index contributed by atoms with van der Waals surface area (Å²) in [5.74, 6) is 2.89. The minimum atomic E-state index is 0.810. The van der Waals surface area contributed by atoms with Gasteiger partial charge in [-0.25, -0.2) is 0 Å². The van der Waals surface area contributed by atoms with E-state index in [2.05, 4.69) is 33.0 Å². The molecule has 1 heteroatoms. The van der Waals surface area contributed by atoms with Gasteiger partial charge in [0.1, 0.15) is 0 Å². The summed E-state index contributed by atoms with van der Waals surface area (Å²) in [7, 11) is 0. The SMILES string of the molecule is CCCNC(CCC)C1CC(C(C)C)C1. The van der Waals surface area contributed by atoms with Gasteiger partial charge in [0.05, 0.1) is 0 Å². The van der Waals surface area contributed by atoms with Crippen LogP contribution >= 0.6 is 0 Å². The van der Waals surface area contributed by atoms with Gasteiger partial charge in [-0.15, -0.1) is 0 Å². The molecule has 0 aromatic rings. The van der Waals surface area contributed by atoms with Crippen LogP contribution in [0.25, 0.3) is 0 Å². The van der Waals surface area contributed by atoms with E-state index in [-0.39, 0.29) is 0 Å². The molecule has 0 bridgehead atoms. The van der Waals surface area contributed by atoms with Crippen molar-refractivity contribution in [1.29, 1.82) is 0 Å². The molecule has 0 aromatic carbocycles. The first-order valence-electron chi connectivity index (χ1n) is 6.92. The van der Waals surface area contributed by atoms with Crippen molar-refractivity contribution in [2.24, 2.45) is 17.8 Å². The molecule has 1 nitrogen and oxygen atoms in total. The van der Waals surface area contributed by atoms with Gasteiger partial charge in [-0.3, -0.25) is 0 Å². The molecule has 1 atom stereocenters. The predicted molar refractivity (Wildman–Crippen MR) is 68.0 cm³/mol. The summed E-state index contributed by atoms with van der Waals surface area (Å²) < 4.78 is 0. The van der Waals surface area contributed by atoms with Crippen molar-refractivity contribution in [3.63, 3.8) is 0 Å².